The Morgan fingerprint density at radius 1 is 0.564 bits per heavy atom. The Labute approximate surface area is 251 Å². The molecule has 0 saturated heterocycles. The van der Waals surface area contributed by atoms with Gasteiger partial charge in [0, 0.05) is 22.7 Å². The molecule has 0 aliphatic carbocycles. The predicted octanol–water partition coefficient (Wildman–Crippen LogP) is 11.9. The van der Waals surface area contributed by atoms with Gasteiger partial charge in [-0.05, 0) is 73.9 Å². The Morgan fingerprint density at radius 3 is 1.59 bits per heavy atom. The van der Waals surface area contributed by atoms with Crippen LogP contribution in [0.4, 0.5) is 11.4 Å². The van der Waals surface area contributed by atoms with E-state index >= 15 is 0 Å². The maximum Gasteiger partial charge on any atom is 0.0636 e. The van der Waals surface area contributed by atoms with Crippen molar-refractivity contribution < 1.29 is 16.5 Å². The molecule has 3 heteroatoms. The van der Waals surface area contributed by atoms with Crippen molar-refractivity contribution >= 4 is 23.3 Å². The first-order valence-electron chi connectivity index (χ1n) is 16.0. The number of nitrogens with zero attached hydrogens (tertiary/aromatic N) is 2. The summed E-state index contributed by atoms with van der Waals surface area (Å²) < 4.78 is 0. The molecule has 2 aromatic carbocycles. The standard InChI is InChI=1S/C36H56N2.Ni/c1-4-7-10-13-16-19-26-36(38-35-28-21-25-33(30-35)23-18-15-12-9-6-3)31-37-34-27-20-24-32(29-34)22-17-14-11-8-5-2;/h20-21,24-25,27-31H,4-19,22-23,26H2,1-3H3;. The van der Waals surface area contributed by atoms with Crippen molar-refractivity contribution in [3.8, 4) is 0 Å². The van der Waals surface area contributed by atoms with Gasteiger partial charge in [0.1, 0.15) is 0 Å². The van der Waals surface area contributed by atoms with E-state index in [1.54, 1.807) is 0 Å². The average Bonchev–Trinajstić information content (AvgIpc) is 2.93. The van der Waals surface area contributed by atoms with E-state index < -0.39 is 0 Å². The Balaban J connectivity index is 0.00000760. The van der Waals surface area contributed by atoms with Crippen LogP contribution < -0.4 is 0 Å². The minimum Gasteiger partial charge on any atom is -0.255 e. The molecule has 0 atom stereocenters. The van der Waals surface area contributed by atoms with Gasteiger partial charge in [-0.1, -0.05) is 129 Å². The molecule has 0 saturated carbocycles. The number of unbranched alkanes of at least 4 members (excludes halogenated alkanes) is 13. The molecule has 0 amide bonds. The van der Waals surface area contributed by atoms with Crippen molar-refractivity contribution in [3.05, 3.63) is 59.7 Å². The average molecular weight is 576 g/mol. The summed E-state index contributed by atoms with van der Waals surface area (Å²) in [6, 6.07) is 17.7. The third-order valence-corrected chi connectivity index (χ3v) is 7.38. The number of rotatable bonds is 22. The number of hydrogen-bond acceptors (Lipinski definition) is 2. The SMILES string of the molecule is CCCCCCCCC(C=Nc1cccc(CCCCCCC)c1)=Nc1cccc(CCCCCCC)c1.[Ni]. The molecule has 39 heavy (non-hydrogen) atoms. The number of hydrogen-bond donors (Lipinski definition) is 0. The van der Waals surface area contributed by atoms with Crippen molar-refractivity contribution in [1.82, 2.24) is 0 Å². The van der Waals surface area contributed by atoms with Crippen LogP contribution in [0, 0.1) is 0 Å². The normalized spacial score (nSPS) is 11.7. The van der Waals surface area contributed by atoms with Crippen LogP contribution in [0.3, 0.4) is 0 Å². The van der Waals surface area contributed by atoms with E-state index in [1.807, 2.05) is 6.21 Å². The Kier molecular flexibility index (Phi) is 21.8. The van der Waals surface area contributed by atoms with Gasteiger partial charge in [-0.3, -0.25) is 9.98 Å². The molecule has 0 spiro atoms. The van der Waals surface area contributed by atoms with Gasteiger partial charge in [-0.25, -0.2) is 0 Å². The van der Waals surface area contributed by atoms with Gasteiger partial charge in [-0.2, -0.15) is 0 Å². The predicted molar refractivity (Wildman–Crippen MR) is 171 cm³/mol. The van der Waals surface area contributed by atoms with Gasteiger partial charge in [0.05, 0.1) is 17.1 Å². The van der Waals surface area contributed by atoms with Gasteiger partial charge >= 0.3 is 0 Å². The molecule has 0 radical (unpaired) electrons. The maximum atomic E-state index is 5.09. The molecule has 0 N–H and O–H groups in total. The number of aliphatic imine (C=N–C) groups is 2. The summed E-state index contributed by atoms with van der Waals surface area (Å²) in [6.07, 6.45) is 26.3. The number of benzene rings is 2. The first kappa shape index (κ1) is 35.3. The second-order valence-electron chi connectivity index (χ2n) is 11.0. The molecular formula is C36H56N2Ni. The third-order valence-electron chi connectivity index (χ3n) is 7.38. The topological polar surface area (TPSA) is 24.7 Å². The fourth-order valence-electron chi connectivity index (χ4n) is 4.99. The van der Waals surface area contributed by atoms with Crippen LogP contribution in [0.5, 0.6) is 0 Å². The zero-order valence-electron chi connectivity index (χ0n) is 25.3. The molecule has 0 aliphatic rings. The van der Waals surface area contributed by atoms with Gasteiger partial charge in [-0.15, -0.1) is 0 Å². The van der Waals surface area contributed by atoms with Crippen LogP contribution in [0.2, 0.25) is 0 Å². The minimum atomic E-state index is 0. The zero-order valence-corrected chi connectivity index (χ0v) is 26.3. The Morgan fingerprint density at radius 2 is 1.03 bits per heavy atom. The molecule has 0 bridgehead atoms. The summed E-state index contributed by atoms with van der Waals surface area (Å²) in [5, 5.41) is 0. The Bertz CT molecular complexity index is 918. The van der Waals surface area contributed by atoms with Crippen molar-refractivity contribution in [2.45, 2.75) is 143 Å². The van der Waals surface area contributed by atoms with E-state index in [9.17, 15) is 0 Å². The molecule has 2 aromatic rings. The van der Waals surface area contributed by atoms with Gasteiger partial charge in [0.25, 0.3) is 0 Å². The second-order valence-corrected chi connectivity index (χ2v) is 11.0. The first-order valence-corrected chi connectivity index (χ1v) is 16.0. The fraction of sp³-hybridized carbons (Fsp3) is 0.611. The zero-order chi connectivity index (χ0) is 27.1. The van der Waals surface area contributed by atoms with Crippen LogP contribution in [0.1, 0.15) is 141 Å². The van der Waals surface area contributed by atoms with Crippen LogP contribution >= 0.6 is 0 Å². The molecular weight excluding hydrogens is 519 g/mol. The maximum absolute atomic E-state index is 5.09. The largest absolute Gasteiger partial charge is 0.255 e. The summed E-state index contributed by atoms with van der Waals surface area (Å²) >= 11 is 0. The van der Waals surface area contributed by atoms with Crippen LogP contribution in [0.25, 0.3) is 0 Å². The Hall–Kier alpha value is -1.73. The number of aryl methyl sites for hydroxylation is 2. The minimum absolute atomic E-state index is 0. The fourth-order valence-corrected chi connectivity index (χ4v) is 4.99. The molecule has 220 valence electrons. The molecule has 0 heterocycles. The van der Waals surface area contributed by atoms with Crippen molar-refractivity contribution in [2.75, 3.05) is 0 Å². The third kappa shape index (κ3) is 17.6. The summed E-state index contributed by atoms with van der Waals surface area (Å²) in [6.45, 7) is 6.83. The first-order chi connectivity index (χ1) is 18.7. The van der Waals surface area contributed by atoms with Gasteiger partial charge < -0.3 is 0 Å². The van der Waals surface area contributed by atoms with Crippen LogP contribution in [-0.2, 0) is 29.3 Å². The molecule has 2 rings (SSSR count). The molecule has 0 fully saturated rings. The van der Waals surface area contributed by atoms with E-state index in [-0.39, 0.29) is 16.5 Å². The monoisotopic (exact) mass is 574 g/mol. The van der Waals surface area contributed by atoms with Gasteiger partial charge in [0.15, 0.2) is 0 Å². The second kappa shape index (κ2) is 24.1. The van der Waals surface area contributed by atoms with E-state index in [4.69, 9.17) is 9.98 Å². The molecule has 0 aliphatic heterocycles. The molecule has 0 aromatic heterocycles. The van der Waals surface area contributed by atoms with Crippen molar-refractivity contribution in [1.29, 1.82) is 0 Å². The van der Waals surface area contributed by atoms with E-state index in [0.717, 1.165) is 36.3 Å². The van der Waals surface area contributed by atoms with E-state index in [0.29, 0.717) is 0 Å². The van der Waals surface area contributed by atoms with Crippen molar-refractivity contribution in [3.63, 3.8) is 0 Å². The van der Waals surface area contributed by atoms with E-state index in [1.165, 1.54) is 114 Å². The summed E-state index contributed by atoms with van der Waals surface area (Å²) in [5.41, 5.74) is 6.03. The summed E-state index contributed by atoms with van der Waals surface area (Å²) in [5.74, 6) is 0. The quantitative estimate of drug-likeness (QED) is 0.0758. The van der Waals surface area contributed by atoms with Gasteiger partial charge in [0.2, 0.25) is 0 Å². The smallest absolute Gasteiger partial charge is 0.0636 e. The summed E-state index contributed by atoms with van der Waals surface area (Å²) in [7, 11) is 0. The van der Waals surface area contributed by atoms with E-state index in [2.05, 4.69) is 69.3 Å². The van der Waals surface area contributed by atoms with Crippen molar-refractivity contribution in [2.24, 2.45) is 9.98 Å². The summed E-state index contributed by atoms with van der Waals surface area (Å²) in [4.78, 5) is 9.99. The molecule has 2 nitrogen and oxygen atoms in total. The van der Waals surface area contributed by atoms with Crippen LogP contribution in [-0.4, -0.2) is 11.9 Å². The molecule has 0 unspecified atom stereocenters. The van der Waals surface area contributed by atoms with Crippen LogP contribution in [0.15, 0.2) is 58.5 Å².